The van der Waals surface area contributed by atoms with Gasteiger partial charge in [0.2, 0.25) is 0 Å². The molecule has 0 bridgehead atoms. The van der Waals surface area contributed by atoms with Crippen LogP contribution in [0.2, 0.25) is 0 Å². The van der Waals surface area contributed by atoms with Crippen LogP contribution in [-0.4, -0.2) is 52.0 Å². The zero-order valence-corrected chi connectivity index (χ0v) is 18.5. The highest BCUT2D eigenvalue weighted by Crippen LogP contribution is 2.42. The van der Waals surface area contributed by atoms with E-state index in [0.717, 1.165) is 4.88 Å². The Hall–Kier alpha value is -3.59. The topological polar surface area (TPSA) is 93.9 Å². The van der Waals surface area contributed by atoms with Crippen LogP contribution in [-0.2, 0) is 16.1 Å². The van der Waals surface area contributed by atoms with Crippen LogP contribution in [0.25, 0.3) is 5.76 Å². The van der Waals surface area contributed by atoms with E-state index < -0.39 is 17.7 Å². The molecular formula is C23H23N3O5S. The number of methoxy groups -OCH3 is 2. The summed E-state index contributed by atoms with van der Waals surface area (Å²) >= 11 is 1.43. The van der Waals surface area contributed by atoms with Gasteiger partial charge in [-0.3, -0.25) is 9.59 Å². The molecule has 0 spiro atoms. The number of ketones is 1. The van der Waals surface area contributed by atoms with Crippen molar-refractivity contribution in [2.75, 3.05) is 20.8 Å². The fourth-order valence-corrected chi connectivity index (χ4v) is 4.68. The molecule has 0 aliphatic carbocycles. The lowest BCUT2D eigenvalue weighted by molar-refractivity contribution is -0.139. The van der Waals surface area contributed by atoms with Gasteiger partial charge in [0.25, 0.3) is 11.7 Å². The maximum Gasteiger partial charge on any atom is 0.295 e. The van der Waals surface area contributed by atoms with E-state index in [0.29, 0.717) is 36.6 Å². The third-order valence-electron chi connectivity index (χ3n) is 5.39. The van der Waals surface area contributed by atoms with Crippen molar-refractivity contribution in [3.63, 3.8) is 0 Å². The molecule has 3 aromatic rings. The summed E-state index contributed by atoms with van der Waals surface area (Å²) in [6.07, 6.45) is 5.89. The van der Waals surface area contributed by atoms with Gasteiger partial charge < -0.3 is 24.0 Å². The summed E-state index contributed by atoms with van der Waals surface area (Å²) in [5, 5.41) is 13.1. The van der Waals surface area contributed by atoms with Crippen LogP contribution in [0.4, 0.5) is 0 Å². The number of nitrogens with zero attached hydrogens (tertiary/aromatic N) is 3. The average molecular weight is 454 g/mol. The number of ether oxygens (including phenoxy) is 2. The lowest BCUT2D eigenvalue weighted by atomic mass is 9.99. The monoisotopic (exact) mass is 453 g/mol. The van der Waals surface area contributed by atoms with Gasteiger partial charge in [-0.25, -0.2) is 4.98 Å². The third kappa shape index (κ3) is 3.99. The Kier molecular flexibility index (Phi) is 6.27. The van der Waals surface area contributed by atoms with E-state index in [1.54, 1.807) is 30.7 Å². The molecule has 1 saturated heterocycles. The Morgan fingerprint density at radius 1 is 1.19 bits per heavy atom. The largest absolute Gasteiger partial charge is 0.507 e. The lowest BCUT2D eigenvalue weighted by Gasteiger charge is -2.24. The zero-order valence-electron chi connectivity index (χ0n) is 17.7. The number of carbonyl (C=O) groups is 2. The average Bonchev–Trinajstić information content (AvgIpc) is 3.57. The summed E-state index contributed by atoms with van der Waals surface area (Å²) in [4.78, 5) is 32.4. The van der Waals surface area contributed by atoms with Gasteiger partial charge in [0, 0.05) is 36.4 Å². The van der Waals surface area contributed by atoms with E-state index in [1.165, 1.54) is 30.5 Å². The molecule has 2 aromatic heterocycles. The van der Waals surface area contributed by atoms with E-state index in [2.05, 4.69) is 4.98 Å². The Morgan fingerprint density at radius 2 is 2.03 bits per heavy atom. The van der Waals surface area contributed by atoms with Gasteiger partial charge in [0.15, 0.2) is 0 Å². The fraction of sp³-hybridized carbons (Fsp3) is 0.261. The number of aliphatic hydroxyl groups is 1. The molecule has 4 rings (SSSR count). The zero-order chi connectivity index (χ0) is 22.7. The summed E-state index contributed by atoms with van der Waals surface area (Å²) in [6.45, 7) is 1.02. The van der Waals surface area contributed by atoms with Crippen LogP contribution < -0.4 is 9.47 Å². The predicted octanol–water partition coefficient (Wildman–Crippen LogP) is 3.47. The van der Waals surface area contributed by atoms with E-state index >= 15 is 0 Å². The molecule has 3 heterocycles. The summed E-state index contributed by atoms with van der Waals surface area (Å²) in [6, 6.07) is 7.97. The first kappa shape index (κ1) is 21.6. The minimum absolute atomic E-state index is 0.0588. The first-order valence-corrected chi connectivity index (χ1v) is 10.9. The van der Waals surface area contributed by atoms with Crippen molar-refractivity contribution in [3.8, 4) is 11.5 Å². The molecule has 32 heavy (non-hydrogen) atoms. The molecule has 1 atom stereocenters. The smallest absolute Gasteiger partial charge is 0.295 e. The van der Waals surface area contributed by atoms with E-state index in [4.69, 9.17) is 9.47 Å². The van der Waals surface area contributed by atoms with Crippen LogP contribution in [0.1, 0.15) is 22.9 Å². The molecule has 0 saturated carbocycles. The molecule has 0 radical (unpaired) electrons. The molecule has 1 aliphatic heterocycles. The van der Waals surface area contributed by atoms with E-state index in [-0.39, 0.29) is 11.3 Å². The normalized spacial score (nSPS) is 17.7. The third-order valence-corrected chi connectivity index (χ3v) is 6.32. The van der Waals surface area contributed by atoms with Crippen molar-refractivity contribution in [2.45, 2.75) is 19.0 Å². The number of hydrogen-bond acceptors (Lipinski definition) is 7. The second-order valence-electron chi connectivity index (χ2n) is 7.23. The van der Waals surface area contributed by atoms with E-state index in [1.807, 2.05) is 28.3 Å². The number of aliphatic hydroxyl groups excluding tert-OH is 1. The number of aromatic nitrogens is 2. The second-order valence-corrected chi connectivity index (χ2v) is 8.21. The number of aryl methyl sites for hydroxylation is 1. The van der Waals surface area contributed by atoms with Gasteiger partial charge in [-0.05, 0) is 30.0 Å². The van der Waals surface area contributed by atoms with Gasteiger partial charge in [-0.2, -0.15) is 0 Å². The van der Waals surface area contributed by atoms with Crippen molar-refractivity contribution in [1.29, 1.82) is 0 Å². The van der Waals surface area contributed by atoms with Crippen LogP contribution in [0.3, 0.4) is 0 Å². The Balaban J connectivity index is 1.73. The van der Waals surface area contributed by atoms with Crippen molar-refractivity contribution in [3.05, 3.63) is 70.4 Å². The van der Waals surface area contributed by atoms with Crippen LogP contribution in [0.5, 0.6) is 11.5 Å². The minimum atomic E-state index is -0.707. The predicted molar refractivity (Wildman–Crippen MR) is 120 cm³/mol. The van der Waals surface area contributed by atoms with Crippen LogP contribution in [0.15, 0.2) is 60.0 Å². The molecule has 1 aliphatic rings. The minimum Gasteiger partial charge on any atom is -0.507 e. The van der Waals surface area contributed by atoms with Gasteiger partial charge in [0.05, 0.1) is 37.7 Å². The molecule has 1 amide bonds. The number of hydrogen-bond donors (Lipinski definition) is 1. The number of amides is 1. The highest BCUT2D eigenvalue weighted by Gasteiger charge is 2.46. The first-order chi connectivity index (χ1) is 15.5. The molecule has 1 aromatic carbocycles. The number of imidazole rings is 1. The quantitative estimate of drug-likeness (QED) is 0.319. The molecule has 1 unspecified atom stereocenters. The van der Waals surface area contributed by atoms with Gasteiger partial charge >= 0.3 is 0 Å². The Bertz CT molecular complexity index is 1140. The highest BCUT2D eigenvalue weighted by atomic mass is 32.1. The Labute approximate surface area is 189 Å². The lowest BCUT2D eigenvalue weighted by Crippen LogP contribution is -2.31. The summed E-state index contributed by atoms with van der Waals surface area (Å²) < 4.78 is 12.5. The van der Waals surface area contributed by atoms with Crippen LogP contribution >= 0.6 is 11.3 Å². The second kappa shape index (κ2) is 9.27. The number of carbonyl (C=O) groups excluding carboxylic acids is 2. The fourth-order valence-electron chi connectivity index (χ4n) is 3.84. The molecule has 8 nitrogen and oxygen atoms in total. The Morgan fingerprint density at radius 3 is 2.69 bits per heavy atom. The summed E-state index contributed by atoms with van der Waals surface area (Å²) in [5.74, 6) is -0.700. The van der Waals surface area contributed by atoms with Crippen molar-refractivity contribution >= 4 is 28.8 Å². The molecular weight excluding hydrogens is 430 g/mol. The van der Waals surface area contributed by atoms with Crippen molar-refractivity contribution in [1.82, 2.24) is 14.5 Å². The number of thiophene rings is 1. The van der Waals surface area contributed by atoms with Crippen molar-refractivity contribution < 1.29 is 24.2 Å². The molecule has 9 heteroatoms. The summed E-state index contributed by atoms with van der Waals surface area (Å²) in [5.41, 5.74) is 0.384. The number of benzene rings is 1. The number of Topliss-reactive ketones (excluding diaryl/α,β-unsaturated/α-hetero) is 1. The SMILES string of the molecule is COc1ccc(C(O)=C2C(=O)C(=O)N(CCCn3ccnc3)C2c2cccs2)c(OC)c1. The van der Waals surface area contributed by atoms with E-state index in [9.17, 15) is 14.7 Å². The van der Waals surface area contributed by atoms with Crippen molar-refractivity contribution in [2.24, 2.45) is 0 Å². The number of likely N-dealkylation sites (tertiary alicyclic amines) is 1. The highest BCUT2D eigenvalue weighted by molar-refractivity contribution is 7.10. The van der Waals surface area contributed by atoms with Gasteiger partial charge in [0.1, 0.15) is 17.3 Å². The maximum atomic E-state index is 13.1. The standard InChI is InChI=1S/C23H23N3O5S/c1-30-15-6-7-16(17(13-15)31-2)21(27)19-20(18-5-3-12-32-18)26(23(29)22(19)28)10-4-9-25-11-8-24-14-25/h3,5-8,11-14,20,27H,4,9-10H2,1-2H3. The molecule has 166 valence electrons. The number of rotatable bonds is 8. The molecule has 1 fully saturated rings. The first-order valence-electron chi connectivity index (χ1n) is 10.0. The maximum absolute atomic E-state index is 13.1. The van der Waals surface area contributed by atoms with Gasteiger partial charge in [-0.15, -0.1) is 11.3 Å². The molecule has 1 N–H and O–H groups in total. The summed E-state index contributed by atoms with van der Waals surface area (Å²) in [7, 11) is 3.00. The van der Waals surface area contributed by atoms with Gasteiger partial charge in [-0.1, -0.05) is 6.07 Å². The van der Waals surface area contributed by atoms with Crippen LogP contribution in [0, 0.1) is 0 Å².